The van der Waals surface area contributed by atoms with Crippen LogP contribution >= 0.6 is 22.9 Å². The zero-order chi connectivity index (χ0) is 29.8. The molecule has 2 amide bonds. The van der Waals surface area contributed by atoms with Gasteiger partial charge in [-0.3, -0.25) is 9.59 Å². The van der Waals surface area contributed by atoms with Gasteiger partial charge in [0.05, 0.1) is 12.8 Å². The summed E-state index contributed by atoms with van der Waals surface area (Å²) in [5.41, 5.74) is 13.5. The van der Waals surface area contributed by atoms with Gasteiger partial charge in [0, 0.05) is 17.1 Å². The van der Waals surface area contributed by atoms with Gasteiger partial charge in [-0.15, -0.1) is 23.4 Å². The molecule has 3 aromatic rings. The number of benzene rings is 2. The van der Waals surface area contributed by atoms with E-state index in [4.69, 9.17) is 23.1 Å². The molecule has 3 rings (SSSR count). The Morgan fingerprint density at radius 2 is 1.68 bits per heavy atom. The van der Waals surface area contributed by atoms with E-state index in [1.807, 2.05) is 6.07 Å². The van der Waals surface area contributed by atoms with Gasteiger partial charge in [0.15, 0.2) is 0 Å². The van der Waals surface area contributed by atoms with Crippen LogP contribution in [0.3, 0.4) is 0 Å². The highest BCUT2D eigenvalue weighted by Crippen LogP contribution is 2.23. The lowest BCUT2D eigenvalue weighted by Crippen LogP contribution is -2.28. The molecule has 14 heteroatoms. The number of hydrogen-bond donors (Lipinski definition) is 4. The molecule has 0 bridgehead atoms. The van der Waals surface area contributed by atoms with Gasteiger partial charge in [-0.05, 0) is 66.8 Å². The maximum absolute atomic E-state index is 12.4. The van der Waals surface area contributed by atoms with Crippen molar-refractivity contribution in [1.29, 1.82) is 0 Å². The summed E-state index contributed by atoms with van der Waals surface area (Å²) in [6.07, 6.45) is 0.969. The molecular weight excluding hydrogens is 581 g/mol. The molecule has 0 radical (unpaired) electrons. The van der Waals surface area contributed by atoms with E-state index in [-0.39, 0.29) is 24.6 Å². The quantitative estimate of drug-likeness (QED) is 0.158. The minimum Gasteiger partial charge on any atom is -0.406 e. The number of alkyl halides is 3. The zero-order valence-corrected chi connectivity index (χ0v) is 23.3. The molecule has 41 heavy (non-hydrogen) atoms. The number of ether oxygens (including phenoxy) is 1. The second kappa shape index (κ2) is 15.1. The number of nitrogens with zero attached hydrogens (tertiary/aromatic N) is 2. The maximum Gasteiger partial charge on any atom is 0.573 e. The summed E-state index contributed by atoms with van der Waals surface area (Å²) in [7, 11) is 0. The molecule has 0 saturated heterocycles. The number of allylic oxidation sites excluding steroid dienone is 3. The van der Waals surface area contributed by atoms with Crippen molar-refractivity contribution < 1.29 is 27.5 Å². The highest BCUT2D eigenvalue weighted by atomic mass is 35.5. The van der Waals surface area contributed by atoms with E-state index in [2.05, 4.69) is 25.6 Å². The van der Waals surface area contributed by atoms with Crippen LogP contribution in [0.1, 0.15) is 35.4 Å². The fourth-order valence-corrected chi connectivity index (χ4v) is 4.58. The van der Waals surface area contributed by atoms with Crippen LogP contribution in [0.2, 0.25) is 5.02 Å². The Morgan fingerprint density at radius 1 is 0.976 bits per heavy atom. The molecule has 6 N–H and O–H groups in total. The molecule has 0 saturated carbocycles. The fraction of sp³-hybridized carbons (Fsp3) is 0.259. The smallest absolute Gasteiger partial charge is 0.406 e. The summed E-state index contributed by atoms with van der Waals surface area (Å²) in [5, 5.41) is 15.1. The average molecular weight is 609 g/mol. The number of halogens is 4. The highest BCUT2D eigenvalue weighted by Gasteiger charge is 2.31. The second-order valence-corrected chi connectivity index (χ2v) is 10.3. The molecule has 0 spiro atoms. The van der Waals surface area contributed by atoms with Gasteiger partial charge in [0.1, 0.15) is 16.6 Å². The molecule has 0 fully saturated rings. The Kier molecular flexibility index (Phi) is 11.5. The zero-order valence-electron chi connectivity index (χ0n) is 21.7. The number of anilines is 1. The lowest BCUT2D eigenvalue weighted by molar-refractivity contribution is -0.274. The summed E-state index contributed by atoms with van der Waals surface area (Å²) in [4.78, 5) is 24.4. The van der Waals surface area contributed by atoms with Crippen molar-refractivity contribution in [2.24, 2.45) is 11.5 Å². The number of hydrogen-bond acceptors (Lipinski definition) is 8. The number of carbonyl (C=O) groups is 2. The van der Waals surface area contributed by atoms with E-state index in [1.54, 1.807) is 24.3 Å². The number of carbonyl (C=O) groups excluding carboxylic acids is 2. The minimum absolute atomic E-state index is 0.0412. The molecule has 0 aliphatic carbocycles. The Balaban J connectivity index is 1.36. The van der Waals surface area contributed by atoms with Gasteiger partial charge < -0.3 is 26.8 Å². The molecule has 1 aromatic heterocycles. The van der Waals surface area contributed by atoms with Gasteiger partial charge in [-0.25, -0.2) is 0 Å². The summed E-state index contributed by atoms with van der Waals surface area (Å²) >= 11 is 7.26. The number of nitrogens with one attached hydrogen (secondary N) is 2. The van der Waals surface area contributed by atoms with Gasteiger partial charge in [0.2, 0.25) is 16.9 Å². The van der Waals surface area contributed by atoms with Gasteiger partial charge >= 0.3 is 6.36 Å². The Labute approximate surface area is 243 Å². The fourth-order valence-electron chi connectivity index (χ4n) is 3.57. The molecule has 0 atom stereocenters. The Hall–Kier alpha value is -4.10. The molecule has 0 aliphatic heterocycles. The lowest BCUT2D eigenvalue weighted by atomic mass is 10.1. The normalized spacial score (nSPS) is 12.2. The van der Waals surface area contributed by atoms with E-state index in [0.29, 0.717) is 34.3 Å². The first-order valence-corrected chi connectivity index (χ1v) is 13.6. The first-order chi connectivity index (χ1) is 19.4. The van der Waals surface area contributed by atoms with E-state index < -0.39 is 18.0 Å². The summed E-state index contributed by atoms with van der Waals surface area (Å²) in [6, 6.07) is 12.2. The van der Waals surface area contributed by atoms with Crippen molar-refractivity contribution in [2.45, 2.75) is 44.9 Å². The van der Waals surface area contributed by atoms with Crippen LogP contribution in [0.4, 0.5) is 18.3 Å². The Bertz CT molecular complexity index is 1410. The summed E-state index contributed by atoms with van der Waals surface area (Å²) in [5.74, 6) is -1.09. The topological polar surface area (TPSA) is 145 Å². The molecule has 218 valence electrons. The van der Waals surface area contributed by atoms with Crippen molar-refractivity contribution >= 4 is 39.9 Å². The minimum atomic E-state index is -4.82. The third-order valence-corrected chi connectivity index (χ3v) is 6.46. The van der Waals surface area contributed by atoms with Crippen molar-refractivity contribution in [1.82, 2.24) is 15.5 Å². The third-order valence-electron chi connectivity index (χ3n) is 5.33. The standard InChI is InChI=1S/C27H28ClF3N6O3S/c28-19-7-3-5-17(13-19)15-24(39)35-26-37-36-25(41-26)10-2-1-8-20(32)11-12-22(33)34-23(38)16-18-6-4-9-21(14-18)40-27(29,30)31/h3-7,9,11-14H,1-2,8,10,15-16,32-33H2,(H,34,38)(H,35,37,39)/b20-11-,22-12+. The van der Waals surface area contributed by atoms with E-state index in [0.717, 1.165) is 35.5 Å². The maximum atomic E-state index is 12.4. The largest absolute Gasteiger partial charge is 0.573 e. The van der Waals surface area contributed by atoms with Crippen LogP contribution < -0.4 is 26.8 Å². The molecule has 0 unspecified atom stereocenters. The van der Waals surface area contributed by atoms with Crippen molar-refractivity contribution in [3.8, 4) is 5.75 Å². The highest BCUT2D eigenvalue weighted by molar-refractivity contribution is 7.15. The van der Waals surface area contributed by atoms with Crippen molar-refractivity contribution in [3.63, 3.8) is 0 Å². The van der Waals surface area contributed by atoms with E-state index in [1.165, 1.54) is 29.5 Å². The number of aromatic nitrogens is 2. The average Bonchev–Trinajstić information content (AvgIpc) is 3.31. The molecule has 1 heterocycles. The monoisotopic (exact) mass is 608 g/mol. The number of rotatable bonds is 13. The van der Waals surface area contributed by atoms with Gasteiger partial charge in [-0.1, -0.05) is 47.2 Å². The van der Waals surface area contributed by atoms with Crippen LogP contribution in [0, 0.1) is 0 Å². The van der Waals surface area contributed by atoms with Crippen LogP contribution in [-0.4, -0.2) is 28.4 Å². The van der Waals surface area contributed by atoms with Crippen LogP contribution in [-0.2, 0) is 28.9 Å². The first kappa shape index (κ1) is 31.4. The molecule has 2 aromatic carbocycles. The van der Waals surface area contributed by atoms with Crippen LogP contribution in [0.15, 0.2) is 72.2 Å². The first-order valence-electron chi connectivity index (χ1n) is 12.4. The Morgan fingerprint density at radius 3 is 2.41 bits per heavy atom. The number of unbranched alkanes of at least 4 members (excludes halogenated alkanes) is 1. The van der Waals surface area contributed by atoms with Crippen LogP contribution in [0.5, 0.6) is 5.75 Å². The van der Waals surface area contributed by atoms with Crippen molar-refractivity contribution in [2.75, 3.05) is 5.32 Å². The van der Waals surface area contributed by atoms with Crippen LogP contribution in [0.25, 0.3) is 0 Å². The molecule has 0 aliphatic rings. The predicted octanol–water partition coefficient (Wildman–Crippen LogP) is 4.99. The molecule has 9 nitrogen and oxygen atoms in total. The second-order valence-electron chi connectivity index (χ2n) is 8.85. The van der Waals surface area contributed by atoms with Crippen molar-refractivity contribution in [3.05, 3.63) is 93.4 Å². The summed E-state index contributed by atoms with van der Waals surface area (Å²) in [6.45, 7) is 0. The predicted molar refractivity (Wildman–Crippen MR) is 151 cm³/mol. The SMILES string of the molecule is N/C(=C\C=C(/N)NC(=O)Cc1cccc(OC(F)(F)F)c1)CCCCc1nnc(NC(=O)Cc2cccc(Cl)c2)s1. The van der Waals surface area contributed by atoms with E-state index in [9.17, 15) is 22.8 Å². The van der Waals surface area contributed by atoms with E-state index >= 15 is 0 Å². The van der Waals surface area contributed by atoms with Gasteiger partial charge in [-0.2, -0.15) is 0 Å². The summed E-state index contributed by atoms with van der Waals surface area (Å²) < 4.78 is 41.0. The number of aryl methyl sites for hydroxylation is 1. The number of amides is 2. The number of nitrogens with two attached hydrogens (primary N) is 2. The van der Waals surface area contributed by atoms with Gasteiger partial charge in [0.25, 0.3) is 0 Å². The molecular formula is C27H28ClF3N6O3S. The third kappa shape index (κ3) is 12.3. The lowest BCUT2D eigenvalue weighted by Gasteiger charge is -2.10.